The highest BCUT2D eigenvalue weighted by Crippen LogP contribution is 2.37. The predicted octanol–water partition coefficient (Wildman–Crippen LogP) is 0.837. The van der Waals surface area contributed by atoms with Crippen molar-refractivity contribution in [3.63, 3.8) is 0 Å². The minimum Gasteiger partial charge on any atom is -0.414 e. The summed E-state index contributed by atoms with van der Waals surface area (Å²) in [6.45, 7) is 10.8. The fourth-order valence-electron chi connectivity index (χ4n) is 1.58. The van der Waals surface area contributed by atoms with E-state index in [0.717, 1.165) is 0 Å². The fraction of sp³-hybridized carbons (Fsp3) is 1.00. The minimum absolute atomic E-state index is 0.0394. The van der Waals surface area contributed by atoms with Crippen LogP contribution in [0.1, 0.15) is 27.2 Å². The highest BCUT2D eigenvalue weighted by Gasteiger charge is 2.41. The summed E-state index contributed by atoms with van der Waals surface area (Å²) >= 11 is 0. The van der Waals surface area contributed by atoms with Crippen LogP contribution in [-0.2, 0) is 9.16 Å². The monoisotopic (exact) mass is 278 g/mol. The van der Waals surface area contributed by atoms with Gasteiger partial charge in [-0.05, 0) is 18.1 Å². The Morgan fingerprint density at radius 2 is 1.78 bits per heavy atom. The minimum atomic E-state index is -1.92. The van der Waals surface area contributed by atoms with Crippen LogP contribution in [0.3, 0.4) is 0 Å². The molecule has 1 saturated heterocycles. The maximum atomic E-state index is 9.80. The van der Waals surface area contributed by atoms with Crippen LogP contribution in [-0.4, -0.2) is 54.8 Å². The third-order valence-electron chi connectivity index (χ3n) is 3.96. The van der Waals surface area contributed by atoms with Gasteiger partial charge in [0.1, 0.15) is 12.2 Å². The van der Waals surface area contributed by atoms with Gasteiger partial charge >= 0.3 is 0 Å². The molecule has 4 atom stereocenters. The molecular weight excluding hydrogens is 252 g/mol. The van der Waals surface area contributed by atoms with Crippen molar-refractivity contribution in [2.45, 2.75) is 69.9 Å². The van der Waals surface area contributed by atoms with Crippen molar-refractivity contribution in [3.05, 3.63) is 0 Å². The van der Waals surface area contributed by atoms with Gasteiger partial charge in [-0.2, -0.15) is 0 Å². The topological polar surface area (TPSA) is 79.2 Å². The average molecular weight is 278 g/mol. The van der Waals surface area contributed by atoms with E-state index in [4.69, 9.17) is 9.16 Å². The van der Waals surface area contributed by atoms with Crippen molar-refractivity contribution in [1.82, 2.24) is 0 Å². The van der Waals surface area contributed by atoms with Crippen molar-refractivity contribution >= 4 is 8.32 Å². The van der Waals surface area contributed by atoms with Crippen molar-refractivity contribution in [1.29, 1.82) is 0 Å². The normalized spacial score (nSPS) is 34.7. The van der Waals surface area contributed by atoms with Crippen LogP contribution in [0.2, 0.25) is 18.1 Å². The van der Waals surface area contributed by atoms with Crippen molar-refractivity contribution < 1.29 is 24.5 Å². The summed E-state index contributed by atoms with van der Waals surface area (Å²) in [6.07, 6.45) is -3.62. The third-order valence-corrected chi connectivity index (χ3v) is 8.47. The number of hydrogen-bond donors (Lipinski definition) is 3. The zero-order valence-electron chi connectivity index (χ0n) is 11.9. The van der Waals surface area contributed by atoms with Gasteiger partial charge in [0.2, 0.25) is 0 Å². The zero-order valence-corrected chi connectivity index (χ0v) is 12.9. The highest BCUT2D eigenvalue weighted by atomic mass is 28.4. The van der Waals surface area contributed by atoms with Crippen molar-refractivity contribution in [2.75, 3.05) is 6.61 Å². The smallest absolute Gasteiger partial charge is 0.192 e. The largest absolute Gasteiger partial charge is 0.414 e. The maximum absolute atomic E-state index is 9.80. The SMILES string of the molecule is CC(C)(C)[Si](C)(C)OC[C@H]1O[C@H](O)C[C@@H](O)[C@H]1O. The molecule has 1 aliphatic heterocycles. The second-order valence-electron chi connectivity index (χ2n) is 6.49. The lowest BCUT2D eigenvalue weighted by Crippen LogP contribution is -2.52. The lowest BCUT2D eigenvalue weighted by Gasteiger charge is -2.40. The Hall–Kier alpha value is 0.0169. The predicted molar refractivity (Wildman–Crippen MR) is 70.7 cm³/mol. The van der Waals surface area contributed by atoms with Gasteiger partial charge in [-0.1, -0.05) is 20.8 Å². The van der Waals surface area contributed by atoms with E-state index in [-0.39, 0.29) is 18.1 Å². The molecule has 0 unspecified atom stereocenters. The first kappa shape index (κ1) is 16.1. The molecule has 5 nitrogen and oxygen atoms in total. The molecule has 1 aliphatic rings. The Morgan fingerprint density at radius 3 is 2.28 bits per heavy atom. The quantitative estimate of drug-likeness (QED) is 0.667. The Morgan fingerprint density at radius 1 is 1.22 bits per heavy atom. The fourth-order valence-corrected chi connectivity index (χ4v) is 2.59. The molecule has 0 saturated carbocycles. The second kappa shape index (κ2) is 5.56. The molecule has 108 valence electrons. The second-order valence-corrected chi connectivity index (χ2v) is 11.3. The van der Waals surface area contributed by atoms with Gasteiger partial charge in [0.15, 0.2) is 14.6 Å². The molecule has 1 fully saturated rings. The highest BCUT2D eigenvalue weighted by molar-refractivity contribution is 6.74. The number of aliphatic hydroxyl groups excluding tert-OH is 3. The average Bonchev–Trinajstić information content (AvgIpc) is 2.19. The van der Waals surface area contributed by atoms with Crippen LogP contribution in [0.5, 0.6) is 0 Å². The van der Waals surface area contributed by atoms with E-state index in [9.17, 15) is 15.3 Å². The molecule has 0 aromatic rings. The number of ether oxygens (including phenoxy) is 1. The summed E-state index contributed by atoms with van der Waals surface area (Å²) in [5.74, 6) is 0. The molecule has 0 bridgehead atoms. The van der Waals surface area contributed by atoms with Crippen LogP contribution in [0.15, 0.2) is 0 Å². The van der Waals surface area contributed by atoms with E-state index in [2.05, 4.69) is 33.9 Å². The summed E-state index contributed by atoms with van der Waals surface area (Å²) < 4.78 is 11.2. The van der Waals surface area contributed by atoms with Crippen LogP contribution < -0.4 is 0 Å². The van der Waals surface area contributed by atoms with Gasteiger partial charge in [-0.15, -0.1) is 0 Å². The third kappa shape index (κ3) is 3.75. The number of rotatable bonds is 3. The first-order valence-electron chi connectivity index (χ1n) is 6.38. The Kier molecular flexibility index (Phi) is 4.97. The standard InChI is InChI=1S/C12H26O5Si/c1-12(2,3)18(4,5)16-7-9-11(15)8(13)6-10(14)17-9/h8-11,13-15H,6-7H2,1-5H3/t8-,9-,10+,11-/m1/s1. The summed E-state index contributed by atoms with van der Waals surface area (Å²) in [5, 5.41) is 28.9. The van der Waals surface area contributed by atoms with Crippen molar-refractivity contribution in [3.8, 4) is 0 Å². The maximum Gasteiger partial charge on any atom is 0.192 e. The van der Waals surface area contributed by atoms with Crippen LogP contribution in [0.4, 0.5) is 0 Å². The summed E-state index contributed by atoms with van der Waals surface area (Å²) in [5.41, 5.74) is 0. The molecule has 0 aliphatic carbocycles. The molecule has 3 N–H and O–H groups in total. The lowest BCUT2D eigenvalue weighted by molar-refractivity contribution is -0.238. The van der Waals surface area contributed by atoms with Crippen LogP contribution in [0.25, 0.3) is 0 Å². The van der Waals surface area contributed by atoms with Crippen molar-refractivity contribution in [2.24, 2.45) is 0 Å². The lowest BCUT2D eigenvalue weighted by atomic mass is 10.0. The van der Waals surface area contributed by atoms with Crippen LogP contribution >= 0.6 is 0 Å². The summed E-state index contributed by atoms with van der Waals surface area (Å²) in [4.78, 5) is 0. The molecular formula is C12H26O5Si. The Bertz CT molecular complexity index is 276. The molecule has 1 rings (SSSR count). The van der Waals surface area contributed by atoms with E-state index < -0.39 is 32.9 Å². The van der Waals surface area contributed by atoms with E-state index >= 15 is 0 Å². The molecule has 0 amide bonds. The number of hydrogen-bond acceptors (Lipinski definition) is 5. The molecule has 0 aromatic heterocycles. The van der Waals surface area contributed by atoms with Crippen LogP contribution in [0, 0.1) is 0 Å². The van der Waals surface area contributed by atoms with Gasteiger partial charge in [0.05, 0.1) is 12.7 Å². The molecule has 1 heterocycles. The molecule has 18 heavy (non-hydrogen) atoms. The zero-order chi connectivity index (χ0) is 14.1. The van der Waals surface area contributed by atoms with Gasteiger partial charge in [-0.25, -0.2) is 0 Å². The first-order chi connectivity index (χ1) is 8.04. The number of aliphatic hydroxyl groups is 3. The van der Waals surface area contributed by atoms with E-state index in [1.807, 2.05) is 0 Å². The summed E-state index contributed by atoms with van der Waals surface area (Å²) in [6, 6.07) is 0. The molecule has 6 heteroatoms. The Balaban J connectivity index is 2.57. The van der Waals surface area contributed by atoms with Gasteiger partial charge in [-0.3, -0.25) is 0 Å². The molecule has 0 spiro atoms. The Labute approximate surface area is 110 Å². The van der Waals surface area contributed by atoms with Gasteiger partial charge in [0.25, 0.3) is 0 Å². The van der Waals surface area contributed by atoms with Gasteiger partial charge in [0, 0.05) is 6.42 Å². The van der Waals surface area contributed by atoms with E-state index in [1.165, 1.54) is 0 Å². The summed E-state index contributed by atoms with van der Waals surface area (Å²) in [7, 11) is -1.92. The molecule has 0 radical (unpaired) electrons. The van der Waals surface area contributed by atoms with E-state index in [1.54, 1.807) is 0 Å². The first-order valence-corrected chi connectivity index (χ1v) is 9.29. The molecule has 0 aromatic carbocycles. The van der Waals surface area contributed by atoms with Gasteiger partial charge < -0.3 is 24.5 Å². The van der Waals surface area contributed by atoms with E-state index in [0.29, 0.717) is 0 Å².